The number of carbonyl (C=O) groups excluding carboxylic acids is 2. The first-order valence-electron chi connectivity index (χ1n) is 11.1. The van der Waals surface area contributed by atoms with Crippen LogP contribution in [0.25, 0.3) is 10.6 Å². The fraction of sp³-hybridized carbons (Fsp3) is 0.320. The number of ether oxygens (including phenoxy) is 1. The first kappa shape index (κ1) is 22.9. The highest BCUT2D eigenvalue weighted by atomic mass is 32.1. The third kappa shape index (κ3) is 5.97. The number of para-hydroxylation sites is 1. The SMILES string of the molecule is CCOc1ccccc1C(=O)NCC(=O)N1CCN(Cc2csc(-c3ccccc3)n2)CC1. The van der Waals surface area contributed by atoms with Gasteiger partial charge in [-0.25, -0.2) is 4.98 Å². The monoisotopic (exact) mass is 464 g/mol. The molecule has 0 spiro atoms. The van der Waals surface area contributed by atoms with Crippen LogP contribution in [0.5, 0.6) is 5.75 Å². The Morgan fingerprint density at radius 2 is 1.76 bits per heavy atom. The van der Waals surface area contributed by atoms with E-state index in [0.29, 0.717) is 31.0 Å². The summed E-state index contributed by atoms with van der Waals surface area (Å²) in [5.74, 6) is 0.150. The Labute approximate surface area is 198 Å². The molecule has 0 atom stereocenters. The van der Waals surface area contributed by atoms with Crippen LogP contribution >= 0.6 is 11.3 Å². The van der Waals surface area contributed by atoms with Crippen molar-refractivity contribution in [3.05, 3.63) is 71.2 Å². The fourth-order valence-electron chi connectivity index (χ4n) is 3.78. The number of nitrogens with one attached hydrogen (secondary N) is 1. The predicted octanol–water partition coefficient (Wildman–Crippen LogP) is 3.28. The molecule has 1 aliphatic heterocycles. The van der Waals surface area contributed by atoms with E-state index < -0.39 is 0 Å². The van der Waals surface area contributed by atoms with Gasteiger partial charge >= 0.3 is 0 Å². The van der Waals surface area contributed by atoms with E-state index in [2.05, 4.69) is 27.7 Å². The predicted molar refractivity (Wildman–Crippen MR) is 129 cm³/mol. The van der Waals surface area contributed by atoms with E-state index in [1.54, 1.807) is 29.5 Å². The maximum atomic E-state index is 12.6. The van der Waals surface area contributed by atoms with Crippen molar-refractivity contribution in [1.29, 1.82) is 0 Å². The Balaban J connectivity index is 1.23. The summed E-state index contributed by atoms with van der Waals surface area (Å²) in [6.45, 7) is 5.94. The van der Waals surface area contributed by atoms with Crippen molar-refractivity contribution in [1.82, 2.24) is 20.1 Å². The average molecular weight is 465 g/mol. The number of rotatable bonds is 8. The summed E-state index contributed by atoms with van der Waals surface area (Å²) in [6, 6.07) is 17.2. The molecule has 1 saturated heterocycles. The Morgan fingerprint density at radius 3 is 2.52 bits per heavy atom. The second kappa shape index (κ2) is 11.1. The van der Waals surface area contributed by atoms with Crippen LogP contribution in [0.2, 0.25) is 0 Å². The molecule has 2 aromatic carbocycles. The topological polar surface area (TPSA) is 74.8 Å². The Morgan fingerprint density at radius 1 is 1.03 bits per heavy atom. The fourth-order valence-corrected chi connectivity index (χ4v) is 4.59. The van der Waals surface area contributed by atoms with Gasteiger partial charge in [-0.05, 0) is 19.1 Å². The van der Waals surface area contributed by atoms with Gasteiger partial charge in [-0.1, -0.05) is 42.5 Å². The molecule has 33 heavy (non-hydrogen) atoms. The van der Waals surface area contributed by atoms with Gasteiger partial charge in [0, 0.05) is 43.7 Å². The van der Waals surface area contributed by atoms with Crippen molar-refractivity contribution in [3.63, 3.8) is 0 Å². The molecule has 8 heteroatoms. The second-order valence-electron chi connectivity index (χ2n) is 7.78. The summed E-state index contributed by atoms with van der Waals surface area (Å²) >= 11 is 1.66. The molecule has 2 heterocycles. The van der Waals surface area contributed by atoms with Crippen LogP contribution in [0, 0.1) is 0 Å². The van der Waals surface area contributed by atoms with Gasteiger partial charge in [0.05, 0.1) is 24.4 Å². The van der Waals surface area contributed by atoms with E-state index in [9.17, 15) is 9.59 Å². The maximum absolute atomic E-state index is 12.6. The third-order valence-corrected chi connectivity index (χ3v) is 6.45. The molecular formula is C25H28N4O3S. The van der Waals surface area contributed by atoms with Gasteiger partial charge in [0.25, 0.3) is 5.91 Å². The van der Waals surface area contributed by atoms with Crippen LogP contribution in [0.4, 0.5) is 0 Å². The molecule has 172 valence electrons. The van der Waals surface area contributed by atoms with Crippen molar-refractivity contribution in [2.45, 2.75) is 13.5 Å². The maximum Gasteiger partial charge on any atom is 0.255 e. The van der Waals surface area contributed by atoms with Crippen molar-refractivity contribution in [2.24, 2.45) is 0 Å². The van der Waals surface area contributed by atoms with Crippen molar-refractivity contribution in [2.75, 3.05) is 39.3 Å². The lowest BCUT2D eigenvalue weighted by Gasteiger charge is -2.34. The summed E-state index contributed by atoms with van der Waals surface area (Å²) in [4.78, 5) is 34.0. The number of aromatic nitrogens is 1. The number of benzene rings is 2. The molecule has 0 unspecified atom stereocenters. The first-order chi connectivity index (χ1) is 16.1. The van der Waals surface area contributed by atoms with E-state index in [4.69, 9.17) is 9.72 Å². The number of nitrogens with zero attached hydrogens (tertiary/aromatic N) is 3. The zero-order chi connectivity index (χ0) is 23.0. The van der Waals surface area contributed by atoms with Crippen molar-refractivity contribution in [3.8, 4) is 16.3 Å². The molecule has 1 aromatic heterocycles. The van der Waals surface area contributed by atoms with Crippen LogP contribution in [-0.4, -0.2) is 65.9 Å². The molecular weight excluding hydrogens is 436 g/mol. The van der Waals surface area contributed by atoms with Gasteiger partial charge in [-0.15, -0.1) is 11.3 Å². The molecule has 3 aromatic rings. The molecule has 0 saturated carbocycles. The third-order valence-electron chi connectivity index (χ3n) is 5.51. The minimum absolute atomic E-state index is 0.0220. The summed E-state index contributed by atoms with van der Waals surface area (Å²) in [7, 11) is 0. The number of piperazine rings is 1. The number of amides is 2. The van der Waals surface area contributed by atoms with Gasteiger partial charge in [-0.3, -0.25) is 14.5 Å². The summed E-state index contributed by atoms with van der Waals surface area (Å²) in [6.07, 6.45) is 0. The highest BCUT2D eigenvalue weighted by molar-refractivity contribution is 7.13. The lowest BCUT2D eigenvalue weighted by Crippen LogP contribution is -2.50. The normalized spacial score (nSPS) is 14.2. The molecule has 0 radical (unpaired) electrons. The standard InChI is InChI=1S/C25H28N4O3S/c1-2-32-22-11-7-6-10-21(22)24(31)26-16-23(30)29-14-12-28(13-15-29)17-20-18-33-25(27-20)19-8-4-3-5-9-19/h3-11,18H,2,12-17H2,1H3,(H,26,31). The Kier molecular flexibility index (Phi) is 7.70. The van der Waals surface area contributed by atoms with Crippen molar-refractivity contribution < 1.29 is 14.3 Å². The largest absolute Gasteiger partial charge is 0.493 e. The second-order valence-corrected chi connectivity index (χ2v) is 8.64. The molecule has 1 aliphatic rings. The minimum Gasteiger partial charge on any atom is -0.493 e. The first-order valence-corrected chi connectivity index (χ1v) is 12.0. The summed E-state index contributed by atoms with van der Waals surface area (Å²) in [5.41, 5.74) is 2.63. The molecule has 0 bridgehead atoms. The van der Waals surface area contributed by atoms with Gasteiger partial charge < -0.3 is 15.0 Å². The van der Waals surface area contributed by atoms with Gasteiger partial charge in [0.15, 0.2) is 0 Å². The quantitative estimate of drug-likeness (QED) is 0.554. The van der Waals surface area contributed by atoms with Gasteiger partial charge in [0.1, 0.15) is 10.8 Å². The lowest BCUT2D eigenvalue weighted by atomic mass is 10.2. The molecule has 0 aliphatic carbocycles. The molecule has 4 rings (SSSR count). The van der Waals surface area contributed by atoms with Crippen LogP contribution in [0.15, 0.2) is 60.0 Å². The Bertz CT molecular complexity index is 1080. The highest BCUT2D eigenvalue weighted by Gasteiger charge is 2.22. The van der Waals surface area contributed by atoms with E-state index in [-0.39, 0.29) is 18.4 Å². The van der Waals surface area contributed by atoms with Crippen LogP contribution in [-0.2, 0) is 11.3 Å². The van der Waals surface area contributed by atoms with Crippen molar-refractivity contribution >= 4 is 23.2 Å². The van der Waals surface area contributed by atoms with Crippen LogP contribution in [0.1, 0.15) is 23.0 Å². The Hall–Kier alpha value is -3.23. The lowest BCUT2D eigenvalue weighted by molar-refractivity contribution is -0.131. The minimum atomic E-state index is -0.302. The molecule has 1 fully saturated rings. The smallest absolute Gasteiger partial charge is 0.255 e. The highest BCUT2D eigenvalue weighted by Crippen LogP contribution is 2.24. The van der Waals surface area contributed by atoms with E-state index in [1.807, 2.05) is 36.1 Å². The number of thiazole rings is 1. The van der Waals surface area contributed by atoms with E-state index in [1.165, 1.54) is 0 Å². The summed E-state index contributed by atoms with van der Waals surface area (Å²) < 4.78 is 5.50. The number of hydrogen-bond donors (Lipinski definition) is 1. The average Bonchev–Trinajstić information content (AvgIpc) is 3.32. The zero-order valence-electron chi connectivity index (χ0n) is 18.7. The van der Waals surface area contributed by atoms with E-state index in [0.717, 1.165) is 35.9 Å². The van der Waals surface area contributed by atoms with E-state index >= 15 is 0 Å². The van der Waals surface area contributed by atoms with Crippen LogP contribution in [0.3, 0.4) is 0 Å². The molecule has 2 amide bonds. The van der Waals surface area contributed by atoms with Gasteiger partial charge in [-0.2, -0.15) is 0 Å². The zero-order valence-corrected chi connectivity index (χ0v) is 19.5. The number of carbonyl (C=O) groups is 2. The molecule has 1 N–H and O–H groups in total. The molecule has 7 nitrogen and oxygen atoms in total. The summed E-state index contributed by atoms with van der Waals surface area (Å²) in [5, 5.41) is 5.87. The number of hydrogen-bond acceptors (Lipinski definition) is 6. The van der Waals surface area contributed by atoms with Gasteiger partial charge in [0.2, 0.25) is 5.91 Å². The van der Waals surface area contributed by atoms with Crippen LogP contribution < -0.4 is 10.1 Å².